The van der Waals surface area contributed by atoms with Crippen LogP contribution in [0.15, 0.2) is 66.3 Å². The minimum atomic E-state index is 0. The van der Waals surface area contributed by atoms with Gasteiger partial charge >= 0.3 is 76.7 Å². The Bertz CT molecular complexity index is 1700. The van der Waals surface area contributed by atoms with Crippen LogP contribution < -0.4 is 24.8 Å². The van der Waals surface area contributed by atoms with E-state index in [4.69, 9.17) is 0 Å². The summed E-state index contributed by atoms with van der Waals surface area (Å²) in [5.41, 5.74) is 15.2. The topological polar surface area (TPSA) is 0 Å². The third-order valence-electron chi connectivity index (χ3n) is 12.9. The summed E-state index contributed by atoms with van der Waals surface area (Å²) in [5, 5.41) is 0. The summed E-state index contributed by atoms with van der Waals surface area (Å²) in [6.45, 7) is 25.3. The molecule has 278 valence electrons. The summed E-state index contributed by atoms with van der Waals surface area (Å²) in [6, 6.07) is 21.5. The second-order valence-corrected chi connectivity index (χ2v) is 20.2. The van der Waals surface area contributed by atoms with E-state index in [0.717, 1.165) is 30.1 Å². The monoisotopic (exact) mass is 810 g/mol. The van der Waals surface area contributed by atoms with Gasteiger partial charge in [-0.2, -0.15) is 29.3 Å². The summed E-state index contributed by atoms with van der Waals surface area (Å²) < 4.78 is 1.55. The molecule has 3 aromatic carbocycles. The first-order valence-corrected chi connectivity index (χ1v) is 20.9. The third-order valence-corrected chi connectivity index (χ3v) is 14.5. The molecular formula is C49H62Cl2Zr-2. The van der Waals surface area contributed by atoms with Crippen molar-refractivity contribution in [2.45, 2.75) is 132 Å². The van der Waals surface area contributed by atoms with E-state index < -0.39 is 0 Å². The number of hydrogen-bond donors (Lipinski definition) is 0. The smallest absolute Gasteiger partial charge is 0.0129 e. The Hall–Kier alpha value is -1.53. The fourth-order valence-electron chi connectivity index (χ4n) is 10.4. The SMILES string of the molecule is CC1[C-]=CC(C2(C)C3CC4CC(C3)CC2C4)=C1.CC[C](=[Zr+2])c1ccccc1.Cc1[c-]c2c(cc1C(C)(C)C)-c1cc(C(C)(C)C)c(C)cc1C2.[Cl-].[Cl-]. The number of hydrogen-bond acceptors (Lipinski definition) is 0. The molecule has 6 aliphatic rings. The van der Waals surface area contributed by atoms with Crippen molar-refractivity contribution in [3.05, 3.63) is 117 Å². The van der Waals surface area contributed by atoms with Gasteiger partial charge < -0.3 is 24.8 Å². The summed E-state index contributed by atoms with van der Waals surface area (Å²) in [6.07, 6.45) is 18.1. The zero-order valence-corrected chi connectivity index (χ0v) is 37.8. The van der Waals surface area contributed by atoms with Crippen molar-refractivity contribution in [3.63, 3.8) is 0 Å². The summed E-state index contributed by atoms with van der Waals surface area (Å²) in [7, 11) is 0. The number of halogens is 2. The van der Waals surface area contributed by atoms with Gasteiger partial charge in [0.15, 0.2) is 0 Å². The molecule has 1 unspecified atom stereocenters. The molecule has 9 rings (SSSR count). The van der Waals surface area contributed by atoms with Crippen molar-refractivity contribution < 1.29 is 49.0 Å². The Morgan fingerprint density at radius 3 is 1.87 bits per heavy atom. The van der Waals surface area contributed by atoms with Gasteiger partial charge in [0.05, 0.1) is 0 Å². The maximum Gasteiger partial charge on any atom is -0.0129 e. The van der Waals surface area contributed by atoms with E-state index >= 15 is 0 Å². The molecule has 0 amide bonds. The van der Waals surface area contributed by atoms with Crippen LogP contribution in [0.2, 0.25) is 0 Å². The zero-order chi connectivity index (χ0) is 36.2. The Morgan fingerprint density at radius 1 is 0.808 bits per heavy atom. The Morgan fingerprint density at radius 2 is 1.37 bits per heavy atom. The van der Waals surface area contributed by atoms with E-state index in [1.165, 1.54) is 106 Å². The van der Waals surface area contributed by atoms with Crippen molar-refractivity contribution in [3.8, 4) is 11.1 Å². The van der Waals surface area contributed by atoms with Crippen LogP contribution in [0, 0.1) is 61.0 Å². The molecule has 6 aliphatic carbocycles. The predicted molar refractivity (Wildman–Crippen MR) is 211 cm³/mol. The Kier molecular flexibility index (Phi) is 13.9. The van der Waals surface area contributed by atoms with Crippen molar-refractivity contribution in [2.75, 3.05) is 0 Å². The quantitative estimate of drug-likeness (QED) is 0.199. The second kappa shape index (κ2) is 16.7. The number of benzene rings is 3. The fraction of sp³-hybridized carbons (Fsp3) is 0.531. The molecular weight excluding hydrogens is 751 g/mol. The van der Waals surface area contributed by atoms with Crippen LogP contribution in [0.4, 0.5) is 0 Å². The van der Waals surface area contributed by atoms with Gasteiger partial charge in [0, 0.05) is 0 Å². The molecule has 1 atom stereocenters. The summed E-state index contributed by atoms with van der Waals surface area (Å²) in [4.78, 5) is 0. The largest absolute Gasteiger partial charge is 1.00 e. The molecule has 3 aromatic rings. The van der Waals surface area contributed by atoms with Gasteiger partial charge in [-0.15, -0.1) is 16.7 Å². The molecule has 4 fully saturated rings. The van der Waals surface area contributed by atoms with Crippen molar-refractivity contribution in [2.24, 2.45) is 35.0 Å². The van der Waals surface area contributed by atoms with E-state index in [2.05, 4.69) is 149 Å². The minimum Gasteiger partial charge on any atom is -1.00 e. The van der Waals surface area contributed by atoms with Crippen molar-refractivity contribution in [1.82, 2.24) is 0 Å². The van der Waals surface area contributed by atoms with Gasteiger partial charge in [-0.1, -0.05) is 96.8 Å². The molecule has 0 saturated heterocycles. The van der Waals surface area contributed by atoms with E-state index in [1.807, 2.05) is 0 Å². The van der Waals surface area contributed by atoms with E-state index in [0.29, 0.717) is 11.3 Å². The number of allylic oxidation sites excluding steroid dienone is 4. The number of fused-ring (bicyclic) bond motifs is 3. The van der Waals surface area contributed by atoms with Gasteiger partial charge in [0.2, 0.25) is 0 Å². The standard InChI is InChI=1S/C23H29.C17H23.C9H10.2ClH.Zr/c1-14-9-16-11-17-10-15(2)21(23(6,7)8)13-19(17)18(16)12-20(14)22(3,4)5;1-11-3-4-14(5-11)17(2)15-7-12-6-13(9-15)10-16(17)8-12;1-2-6-9-7-4-3-5-8-9;;;/h9,12-13H,11H2,1-8H3;4-5,11-13,15-16H,6-10H2,1-2H3;3-5,7-8H,2H2,1H3;2*1H;/q2*-1;;;;+2/p-2. The molecule has 0 spiro atoms. The molecule has 0 nitrogen and oxygen atoms in total. The molecule has 0 N–H and O–H groups in total. The minimum absolute atomic E-state index is 0. The summed E-state index contributed by atoms with van der Waals surface area (Å²) in [5.74, 6) is 4.68. The van der Waals surface area contributed by atoms with Gasteiger partial charge in [0.25, 0.3) is 0 Å². The predicted octanol–water partition coefficient (Wildman–Crippen LogP) is 6.83. The Labute approximate surface area is 345 Å². The first-order valence-electron chi connectivity index (χ1n) is 19.6. The second-order valence-electron chi connectivity index (χ2n) is 18.7. The average molecular weight is 813 g/mol. The normalized spacial score (nSPS) is 26.1. The molecule has 0 heterocycles. The summed E-state index contributed by atoms with van der Waals surface area (Å²) >= 11 is 1.54. The van der Waals surface area contributed by atoms with Crippen LogP contribution in [0.25, 0.3) is 11.1 Å². The molecule has 52 heavy (non-hydrogen) atoms. The van der Waals surface area contributed by atoms with E-state index in [1.54, 1.807) is 15.2 Å². The number of aryl methyl sites for hydroxylation is 2. The molecule has 4 bridgehead atoms. The van der Waals surface area contributed by atoms with Crippen molar-refractivity contribution >= 4 is 3.21 Å². The van der Waals surface area contributed by atoms with Crippen LogP contribution in [-0.4, -0.2) is 3.21 Å². The van der Waals surface area contributed by atoms with E-state index in [-0.39, 0.29) is 35.6 Å². The third kappa shape index (κ3) is 8.79. The first kappa shape index (κ1) is 43.2. The maximum absolute atomic E-state index is 3.69. The molecule has 3 heteroatoms. The van der Waals surface area contributed by atoms with Crippen LogP contribution in [-0.2, 0) is 41.5 Å². The van der Waals surface area contributed by atoms with E-state index in [9.17, 15) is 0 Å². The fourth-order valence-corrected chi connectivity index (χ4v) is 10.8. The van der Waals surface area contributed by atoms with Gasteiger partial charge in [0.1, 0.15) is 0 Å². The van der Waals surface area contributed by atoms with Crippen LogP contribution in [0.1, 0.15) is 140 Å². The van der Waals surface area contributed by atoms with Gasteiger partial charge in [-0.05, 0) is 91.2 Å². The average Bonchev–Trinajstić information content (AvgIpc) is 3.64. The molecule has 0 aromatic heterocycles. The number of rotatable bonds is 3. The Balaban J connectivity index is 0.000000184. The zero-order valence-electron chi connectivity index (χ0n) is 33.9. The van der Waals surface area contributed by atoms with Crippen molar-refractivity contribution in [1.29, 1.82) is 0 Å². The van der Waals surface area contributed by atoms with Gasteiger partial charge in [-0.25, -0.2) is 6.08 Å². The maximum atomic E-state index is 3.69. The first-order chi connectivity index (χ1) is 23.5. The van der Waals surface area contributed by atoms with Crippen LogP contribution >= 0.6 is 0 Å². The molecule has 0 radical (unpaired) electrons. The van der Waals surface area contributed by atoms with Crippen LogP contribution in [0.3, 0.4) is 0 Å². The van der Waals surface area contributed by atoms with Gasteiger partial charge in [-0.3, -0.25) is 6.08 Å². The van der Waals surface area contributed by atoms with Crippen LogP contribution in [0.5, 0.6) is 0 Å². The molecule has 4 saturated carbocycles. The molecule has 0 aliphatic heterocycles.